The molecule has 0 fully saturated rings. The zero-order valence-electron chi connectivity index (χ0n) is 9.96. The number of unbranched alkanes of at least 4 members (excludes halogenated alkanes) is 2. The molecule has 0 aliphatic carbocycles. The smallest absolute Gasteiger partial charge is 0.165 e. The molecule has 0 atom stereocenters. The van der Waals surface area contributed by atoms with E-state index >= 15 is 0 Å². The highest BCUT2D eigenvalue weighted by molar-refractivity contribution is 6.17. The molecule has 0 aromatic heterocycles. The molecule has 0 bridgehead atoms. The van der Waals surface area contributed by atoms with Crippen LogP contribution in [-0.4, -0.2) is 13.7 Å². The molecule has 0 unspecified atom stereocenters. The Balaban J connectivity index is 2.63. The van der Waals surface area contributed by atoms with Crippen LogP contribution in [0.15, 0.2) is 18.2 Å². The summed E-state index contributed by atoms with van der Waals surface area (Å²) in [5.41, 5.74) is 0.970. The highest BCUT2D eigenvalue weighted by Gasteiger charge is 2.08. The van der Waals surface area contributed by atoms with Crippen LogP contribution in [0.25, 0.3) is 0 Å². The Bertz CT molecular complexity index is 313. The summed E-state index contributed by atoms with van der Waals surface area (Å²) in [5.74, 6) is 1.99. The Labute approximate surface area is 103 Å². The maximum absolute atomic E-state index is 5.83. The number of ether oxygens (including phenoxy) is 2. The van der Waals surface area contributed by atoms with Gasteiger partial charge < -0.3 is 9.47 Å². The molecule has 3 heteroatoms. The number of hydrogen-bond acceptors (Lipinski definition) is 2. The molecule has 1 aromatic carbocycles. The predicted octanol–water partition coefficient (Wildman–Crippen LogP) is 4.00. The third-order valence-corrected chi connectivity index (χ3v) is 2.70. The normalized spacial score (nSPS) is 10.2. The molecular formula is C13H19ClO2. The third-order valence-electron chi connectivity index (χ3n) is 2.41. The molecule has 0 saturated carbocycles. The van der Waals surface area contributed by atoms with E-state index < -0.39 is 0 Å². The number of alkyl halides is 1. The van der Waals surface area contributed by atoms with E-state index in [1.54, 1.807) is 7.11 Å². The van der Waals surface area contributed by atoms with Crippen molar-refractivity contribution in [3.8, 4) is 11.5 Å². The molecule has 0 aliphatic rings. The van der Waals surface area contributed by atoms with E-state index in [1.165, 1.54) is 12.8 Å². The Morgan fingerprint density at radius 2 is 2.06 bits per heavy atom. The lowest BCUT2D eigenvalue weighted by Crippen LogP contribution is -2.00. The van der Waals surface area contributed by atoms with Gasteiger partial charge in [0.1, 0.15) is 0 Å². The second-order valence-electron chi connectivity index (χ2n) is 3.64. The molecular weight excluding hydrogens is 224 g/mol. The maximum atomic E-state index is 5.83. The SMILES string of the molecule is CCCCCOc1cccc(CCl)c1OC. The first-order valence-electron chi connectivity index (χ1n) is 5.68. The molecule has 1 aromatic rings. The third kappa shape index (κ3) is 3.60. The number of methoxy groups -OCH3 is 1. The van der Waals surface area contributed by atoms with Gasteiger partial charge >= 0.3 is 0 Å². The summed E-state index contributed by atoms with van der Waals surface area (Å²) in [6.07, 6.45) is 3.46. The molecule has 0 spiro atoms. The lowest BCUT2D eigenvalue weighted by atomic mass is 10.2. The van der Waals surface area contributed by atoms with Gasteiger partial charge in [0.2, 0.25) is 0 Å². The first kappa shape index (κ1) is 13.2. The van der Waals surface area contributed by atoms with Crippen molar-refractivity contribution in [2.45, 2.75) is 32.1 Å². The fourth-order valence-electron chi connectivity index (χ4n) is 1.55. The Hall–Kier alpha value is -0.890. The largest absolute Gasteiger partial charge is 0.493 e. The topological polar surface area (TPSA) is 18.5 Å². The predicted molar refractivity (Wildman–Crippen MR) is 67.6 cm³/mol. The molecule has 0 aliphatic heterocycles. The van der Waals surface area contributed by atoms with Gasteiger partial charge in [-0.1, -0.05) is 31.9 Å². The van der Waals surface area contributed by atoms with Crippen LogP contribution in [0.1, 0.15) is 31.7 Å². The average molecular weight is 243 g/mol. The van der Waals surface area contributed by atoms with Crippen LogP contribution < -0.4 is 9.47 Å². The van der Waals surface area contributed by atoms with Crippen LogP contribution >= 0.6 is 11.6 Å². The molecule has 2 nitrogen and oxygen atoms in total. The van der Waals surface area contributed by atoms with Crippen molar-refractivity contribution < 1.29 is 9.47 Å². The molecule has 0 heterocycles. The number of rotatable bonds is 7. The Morgan fingerprint density at radius 3 is 2.69 bits per heavy atom. The van der Waals surface area contributed by atoms with Crippen molar-refractivity contribution in [2.75, 3.05) is 13.7 Å². The van der Waals surface area contributed by atoms with E-state index in [4.69, 9.17) is 21.1 Å². The van der Waals surface area contributed by atoms with Gasteiger partial charge in [-0.3, -0.25) is 0 Å². The van der Waals surface area contributed by atoms with Crippen molar-refractivity contribution in [1.29, 1.82) is 0 Å². The van der Waals surface area contributed by atoms with E-state index in [9.17, 15) is 0 Å². The standard InChI is InChI=1S/C13H19ClO2/c1-3-4-5-9-16-12-8-6-7-11(10-14)13(12)15-2/h6-8H,3-5,9-10H2,1-2H3. The minimum absolute atomic E-state index is 0.440. The first-order valence-corrected chi connectivity index (χ1v) is 6.21. The van der Waals surface area contributed by atoms with Gasteiger partial charge in [-0.2, -0.15) is 0 Å². The quantitative estimate of drug-likeness (QED) is 0.532. The fraction of sp³-hybridized carbons (Fsp3) is 0.538. The highest BCUT2D eigenvalue weighted by Crippen LogP contribution is 2.32. The molecule has 0 radical (unpaired) electrons. The zero-order valence-corrected chi connectivity index (χ0v) is 10.7. The molecule has 16 heavy (non-hydrogen) atoms. The van der Waals surface area contributed by atoms with Gasteiger partial charge in [0.05, 0.1) is 19.6 Å². The van der Waals surface area contributed by atoms with Crippen LogP contribution in [0.2, 0.25) is 0 Å². The van der Waals surface area contributed by atoms with Crippen molar-refractivity contribution in [1.82, 2.24) is 0 Å². The second-order valence-corrected chi connectivity index (χ2v) is 3.90. The summed E-state index contributed by atoms with van der Waals surface area (Å²) < 4.78 is 11.0. The summed E-state index contributed by atoms with van der Waals surface area (Å²) in [6.45, 7) is 2.91. The van der Waals surface area contributed by atoms with Crippen molar-refractivity contribution >= 4 is 11.6 Å². The minimum Gasteiger partial charge on any atom is -0.493 e. The Morgan fingerprint density at radius 1 is 1.25 bits per heavy atom. The van der Waals surface area contributed by atoms with Gasteiger partial charge in [-0.05, 0) is 12.5 Å². The van der Waals surface area contributed by atoms with Gasteiger partial charge in [0.25, 0.3) is 0 Å². The maximum Gasteiger partial charge on any atom is 0.165 e. The monoisotopic (exact) mass is 242 g/mol. The summed E-state index contributed by atoms with van der Waals surface area (Å²) in [7, 11) is 1.64. The summed E-state index contributed by atoms with van der Waals surface area (Å²) in [4.78, 5) is 0. The molecule has 0 saturated heterocycles. The number of para-hydroxylation sites is 1. The lowest BCUT2D eigenvalue weighted by molar-refractivity contribution is 0.285. The minimum atomic E-state index is 0.440. The van der Waals surface area contributed by atoms with Gasteiger partial charge in [-0.15, -0.1) is 11.6 Å². The van der Waals surface area contributed by atoms with Crippen LogP contribution in [0.4, 0.5) is 0 Å². The highest BCUT2D eigenvalue weighted by atomic mass is 35.5. The second kappa shape index (κ2) is 7.39. The lowest BCUT2D eigenvalue weighted by Gasteiger charge is -2.13. The van der Waals surface area contributed by atoms with E-state index in [2.05, 4.69) is 6.92 Å². The van der Waals surface area contributed by atoms with Crippen molar-refractivity contribution in [3.05, 3.63) is 23.8 Å². The van der Waals surface area contributed by atoms with Gasteiger partial charge in [-0.25, -0.2) is 0 Å². The van der Waals surface area contributed by atoms with Gasteiger partial charge in [0.15, 0.2) is 11.5 Å². The van der Waals surface area contributed by atoms with Crippen LogP contribution in [0, 0.1) is 0 Å². The van der Waals surface area contributed by atoms with Crippen LogP contribution in [-0.2, 0) is 5.88 Å². The molecule has 1 rings (SSSR count). The number of halogens is 1. The molecule has 90 valence electrons. The van der Waals surface area contributed by atoms with Crippen molar-refractivity contribution in [2.24, 2.45) is 0 Å². The van der Waals surface area contributed by atoms with Crippen LogP contribution in [0.5, 0.6) is 11.5 Å². The first-order chi connectivity index (χ1) is 7.83. The van der Waals surface area contributed by atoms with E-state index in [-0.39, 0.29) is 0 Å². The Kier molecular flexibility index (Phi) is 6.09. The number of benzene rings is 1. The van der Waals surface area contributed by atoms with E-state index in [0.29, 0.717) is 5.88 Å². The van der Waals surface area contributed by atoms with E-state index in [1.807, 2.05) is 18.2 Å². The fourth-order valence-corrected chi connectivity index (χ4v) is 1.76. The van der Waals surface area contributed by atoms with Crippen LogP contribution in [0.3, 0.4) is 0 Å². The summed E-state index contributed by atoms with van der Waals surface area (Å²) in [5, 5.41) is 0. The summed E-state index contributed by atoms with van der Waals surface area (Å²) in [6, 6.07) is 5.81. The van der Waals surface area contributed by atoms with E-state index in [0.717, 1.165) is 30.1 Å². The average Bonchev–Trinajstić information content (AvgIpc) is 2.34. The summed E-state index contributed by atoms with van der Waals surface area (Å²) >= 11 is 5.83. The van der Waals surface area contributed by atoms with Gasteiger partial charge in [0, 0.05) is 5.56 Å². The molecule has 0 N–H and O–H groups in total. The molecule has 0 amide bonds. The number of hydrogen-bond donors (Lipinski definition) is 0. The van der Waals surface area contributed by atoms with Crippen molar-refractivity contribution in [3.63, 3.8) is 0 Å². The zero-order chi connectivity index (χ0) is 11.8.